The molecule has 0 saturated carbocycles. The van der Waals surface area contributed by atoms with Crippen LogP contribution in [0, 0.1) is 0 Å². The molecule has 0 saturated heterocycles. The molecule has 15 heavy (non-hydrogen) atoms. The van der Waals surface area contributed by atoms with Crippen molar-refractivity contribution in [1.29, 1.82) is 0 Å². The first-order valence-corrected chi connectivity index (χ1v) is 5.23. The van der Waals surface area contributed by atoms with Crippen molar-refractivity contribution in [1.82, 2.24) is 0 Å². The van der Waals surface area contributed by atoms with Crippen molar-refractivity contribution in [3.8, 4) is 0 Å². The van der Waals surface area contributed by atoms with Gasteiger partial charge in [-0.3, -0.25) is 0 Å². The van der Waals surface area contributed by atoms with E-state index >= 15 is 0 Å². The molecule has 0 bridgehead atoms. The summed E-state index contributed by atoms with van der Waals surface area (Å²) in [6.07, 6.45) is 0.594. The molecule has 0 radical (unpaired) electrons. The fourth-order valence-electron chi connectivity index (χ4n) is 1.56. The van der Waals surface area contributed by atoms with Crippen LogP contribution in [0.3, 0.4) is 0 Å². The van der Waals surface area contributed by atoms with Crippen LogP contribution in [0.1, 0.15) is 38.8 Å². The van der Waals surface area contributed by atoms with Gasteiger partial charge >= 0.3 is 0 Å². The summed E-state index contributed by atoms with van der Waals surface area (Å²) < 4.78 is 0. The van der Waals surface area contributed by atoms with Crippen molar-refractivity contribution in [3.05, 3.63) is 35.4 Å². The maximum Gasteiger partial charge on any atom is 0.0840 e. The lowest BCUT2D eigenvalue weighted by Crippen LogP contribution is -2.22. The third kappa shape index (κ3) is 4.02. The highest BCUT2D eigenvalue weighted by atomic mass is 16.3. The fraction of sp³-hybridized carbons (Fsp3) is 0.538. The number of hydrogen-bond donors (Lipinski definition) is 2. The molecule has 0 aliphatic rings. The Labute approximate surface area is 91.6 Å². The number of hydrogen-bond acceptors (Lipinski definition) is 2. The van der Waals surface area contributed by atoms with Crippen LogP contribution in [0.2, 0.25) is 0 Å². The van der Waals surface area contributed by atoms with E-state index in [9.17, 15) is 10.2 Å². The van der Waals surface area contributed by atoms with E-state index in [-0.39, 0.29) is 0 Å². The average Bonchev–Trinajstić information content (AvgIpc) is 1.99. The van der Waals surface area contributed by atoms with Crippen molar-refractivity contribution in [2.75, 3.05) is 0 Å². The summed E-state index contributed by atoms with van der Waals surface area (Å²) in [4.78, 5) is 0. The molecule has 84 valence electrons. The molecule has 0 aliphatic carbocycles. The van der Waals surface area contributed by atoms with Crippen molar-refractivity contribution in [3.63, 3.8) is 0 Å². The van der Waals surface area contributed by atoms with Crippen LogP contribution in [-0.2, 0) is 12.0 Å². The standard InChI is InChI=1S/C13H20O2/c1-12(2,14)9-10-6-5-7-11(8-10)13(3,4)15/h5-8,14-15H,9H2,1-4H3. The quantitative estimate of drug-likeness (QED) is 0.799. The van der Waals surface area contributed by atoms with E-state index in [1.165, 1.54) is 0 Å². The molecule has 0 fully saturated rings. The lowest BCUT2D eigenvalue weighted by molar-refractivity contribution is 0.0755. The van der Waals surface area contributed by atoms with Gasteiger partial charge < -0.3 is 10.2 Å². The minimum Gasteiger partial charge on any atom is -0.390 e. The smallest absolute Gasteiger partial charge is 0.0840 e. The van der Waals surface area contributed by atoms with E-state index in [0.717, 1.165) is 11.1 Å². The molecule has 1 aromatic carbocycles. The van der Waals surface area contributed by atoms with Crippen LogP contribution in [-0.4, -0.2) is 15.8 Å². The predicted molar refractivity (Wildman–Crippen MR) is 61.7 cm³/mol. The van der Waals surface area contributed by atoms with Gasteiger partial charge in [0, 0.05) is 6.42 Å². The van der Waals surface area contributed by atoms with Gasteiger partial charge in [0.05, 0.1) is 11.2 Å². The van der Waals surface area contributed by atoms with E-state index in [1.54, 1.807) is 27.7 Å². The Balaban J connectivity index is 2.94. The van der Waals surface area contributed by atoms with E-state index in [1.807, 2.05) is 24.3 Å². The van der Waals surface area contributed by atoms with Crippen LogP contribution >= 0.6 is 0 Å². The van der Waals surface area contributed by atoms with E-state index in [2.05, 4.69) is 0 Å². The first-order valence-electron chi connectivity index (χ1n) is 5.23. The Kier molecular flexibility index (Phi) is 3.22. The van der Waals surface area contributed by atoms with E-state index in [4.69, 9.17) is 0 Å². The van der Waals surface area contributed by atoms with Gasteiger partial charge in [0.15, 0.2) is 0 Å². The maximum absolute atomic E-state index is 9.85. The highest BCUT2D eigenvalue weighted by Crippen LogP contribution is 2.22. The molecule has 0 heterocycles. The third-order valence-electron chi connectivity index (χ3n) is 2.27. The van der Waals surface area contributed by atoms with Gasteiger partial charge in [0.2, 0.25) is 0 Å². The molecule has 0 aliphatic heterocycles. The van der Waals surface area contributed by atoms with Crippen molar-refractivity contribution in [2.24, 2.45) is 0 Å². The van der Waals surface area contributed by atoms with Crippen molar-refractivity contribution in [2.45, 2.75) is 45.3 Å². The largest absolute Gasteiger partial charge is 0.390 e. The molecule has 1 aromatic rings. The van der Waals surface area contributed by atoms with Crippen LogP contribution in [0.15, 0.2) is 24.3 Å². The normalized spacial score (nSPS) is 12.9. The number of aliphatic hydroxyl groups is 2. The Hall–Kier alpha value is -0.860. The minimum atomic E-state index is -0.824. The Morgan fingerprint density at radius 2 is 1.67 bits per heavy atom. The summed E-state index contributed by atoms with van der Waals surface area (Å²) in [5.74, 6) is 0. The minimum absolute atomic E-state index is 0.594. The third-order valence-corrected chi connectivity index (χ3v) is 2.27. The highest BCUT2D eigenvalue weighted by molar-refractivity contribution is 5.28. The highest BCUT2D eigenvalue weighted by Gasteiger charge is 2.18. The Morgan fingerprint density at radius 3 is 2.13 bits per heavy atom. The van der Waals surface area contributed by atoms with E-state index < -0.39 is 11.2 Å². The number of rotatable bonds is 3. The van der Waals surface area contributed by atoms with Gasteiger partial charge in [-0.1, -0.05) is 24.3 Å². The first kappa shape index (κ1) is 12.2. The van der Waals surface area contributed by atoms with Crippen molar-refractivity contribution >= 4 is 0 Å². The second-order valence-electron chi connectivity index (χ2n) is 5.25. The molecule has 0 amide bonds. The molecule has 0 spiro atoms. The molecular weight excluding hydrogens is 188 g/mol. The van der Waals surface area contributed by atoms with Gasteiger partial charge in [0.1, 0.15) is 0 Å². The summed E-state index contributed by atoms with van der Waals surface area (Å²) >= 11 is 0. The second kappa shape index (κ2) is 3.95. The Bertz CT molecular complexity index is 329. The zero-order chi connectivity index (χ0) is 11.7. The molecule has 2 nitrogen and oxygen atoms in total. The van der Waals surface area contributed by atoms with Crippen LogP contribution in [0.25, 0.3) is 0 Å². The molecule has 1 rings (SSSR count). The van der Waals surface area contributed by atoms with Gasteiger partial charge in [-0.15, -0.1) is 0 Å². The molecule has 0 aromatic heterocycles. The second-order valence-corrected chi connectivity index (χ2v) is 5.25. The van der Waals surface area contributed by atoms with Crippen LogP contribution in [0.4, 0.5) is 0 Å². The zero-order valence-corrected chi connectivity index (χ0v) is 9.91. The van der Waals surface area contributed by atoms with Crippen LogP contribution in [0.5, 0.6) is 0 Å². The molecule has 0 unspecified atom stereocenters. The van der Waals surface area contributed by atoms with Gasteiger partial charge in [-0.2, -0.15) is 0 Å². The van der Waals surface area contributed by atoms with Crippen molar-refractivity contribution < 1.29 is 10.2 Å². The Morgan fingerprint density at radius 1 is 1.07 bits per heavy atom. The molecule has 2 N–H and O–H groups in total. The summed E-state index contributed by atoms with van der Waals surface area (Å²) in [6, 6.07) is 7.72. The summed E-state index contributed by atoms with van der Waals surface area (Å²) in [5.41, 5.74) is 0.389. The zero-order valence-electron chi connectivity index (χ0n) is 9.91. The van der Waals surface area contributed by atoms with E-state index in [0.29, 0.717) is 6.42 Å². The molecule has 0 atom stereocenters. The first-order chi connectivity index (χ1) is 6.68. The maximum atomic E-state index is 9.85. The average molecular weight is 208 g/mol. The summed E-state index contributed by atoms with van der Waals surface area (Å²) in [7, 11) is 0. The van der Waals surface area contributed by atoms with Gasteiger partial charge in [-0.05, 0) is 38.8 Å². The molecule has 2 heteroatoms. The van der Waals surface area contributed by atoms with Gasteiger partial charge in [0.25, 0.3) is 0 Å². The topological polar surface area (TPSA) is 40.5 Å². The SMILES string of the molecule is CC(C)(O)Cc1cccc(C(C)(C)O)c1. The summed E-state index contributed by atoms with van der Waals surface area (Å²) in [5, 5.41) is 19.6. The summed E-state index contributed by atoms with van der Waals surface area (Å²) in [6.45, 7) is 7.08. The predicted octanol–water partition coefficient (Wildman–Crippen LogP) is 2.23. The van der Waals surface area contributed by atoms with Gasteiger partial charge in [-0.25, -0.2) is 0 Å². The lowest BCUT2D eigenvalue weighted by atomic mass is 9.92. The monoisotopic (exact) mass is 208 g/mol. The fourth-order valence-corrected chi connectivity index (χ4v) is 1.56. The number of benzene rings is 1. The lowest BCUT2D eigenvalue weighted by Gasteiger charge is -2.21. The molecular formula is C13H20O2. The van der Waals surface area contributed by atoms with Crippen LogP contribution < -0.4 is 0 Å².